The maximum Gasteiger partial charge on any atom is 0.223 e. The number of rotatable bonds is 10. The first-order chi connectivity index (χ1) is 17.1. The number of nitrogens with one attached hydrogen (secondary N) is 1. The summed E-state index contributed by atoms with van der Waals surface area (Å²) in [4.78, 5) is 17.7. The van der Waals surface area contributed by atoms with Gasteiger partial charge in [0.1, 0.15) is 5.82 Å². The van der Waals surface area contributed by atoms with Gasteiger partial charge in [-0.2, -0.15) is 0 Å². The number of aromatic nitrogens is 2. The number of ether oxygens (including phenoxy) is 2. The lowest BCUT2D eigenvalue weighted by molar-refractivity contribution is -0.126. The van der Waals surface area contributed by atoms with Crippen molar-refractivity contribution in [2.24, 2.45) is 5.92 Å². The monoisotopic (exact) mass is 475 g/mol. The Hall–Kier alpha value is -3.28. The molecule has 6 heteroatoms. The van der Waals surface area contributed by atoms with E-state index in [1.807, 2.05) is 62.4 Å². The molecule has 1 fully saturated rings. The summed E-state index contributed by atoms with van der Waals surface area (Å²) in [6.07, 6.45) is 10.4. The molecule has 1 atom stereocenters. The van der Waals surface area contributed by atoms with Crippen LogP contribution in [0.25, 0.3) is 17.1 Å². The van der Waals surface area contributed by atoms with E-state index < -0.39 is 0 Å². The molecule has 0 aliphatic heterocycles. The van der Waals surface area contributed by atoms with Crippen LogP contribution in [0.4, 0.5) is 0 Å². The molecule has 1 N–H and O–H groups in total. The number of amides is 1. The van der Waals surface area contributed by atoms with Gasteiger partial charge in [-0.05, 0) is 62.9 Å². The van der Waals surface area contributed by atoms with E-state index in [0.29, 0.717) is 6.61 Å². The molecule has 186 valence electrons. The maximum absolute atomic E-state index is 12.9. The van der Waals surface area contributed by atoms with Crippen LogP contribution in [0.1, 0.15) is 69.8 Å². The number of carbonyl (C=O) groups excluding carboxylic acids is 1. The van der Waals surface area contributed by atoms with E-state index in [1.54, 1.807) is 7.11 Å². The van der Waals surface area contributed by atoms with Crippen molar-refractivity contribution in [2.75, 3.05) is 13.7 Å². The second kappa shape index (κ2) is 11.9. The van der Waals surface area contributed by atoms with Crippen molar-refractivity contribution in [1.29, 1.82) is 0 Å². The van der Waals surface area contributed by atoms with Gasteiger partial charge < -0.3 is 19.4 Å². The van der Waals surface area contributed by atoms with E-state index in [4.69, 9.17) is 14.5 Å². The van der Waals surface area contributed by atoms with Crippen molar-refractivity contribution in [1.82, 2.24) is 14.9 Å². The second-order valence-corrected chi connectivity index (χ2v) is 9.29. The molecule has 1 aromatic heterocycles. The largest absolute Gasteiger partial charge is 0.493 e. The Morgan fingerprint density at radius 3 is 2.74 bits per heavy atom. The summed E-state index contributed by atoms with van der Waals surface area (Å²) in [7, 11) is 1.66. The SMILES string of the molecule is C/C=C/c1ccc(OCCCn2c(C(C)NC(=O)C3CCCCC3)nc3ccccc32)c(OC)c1. The molecule has 0 saturated heterocycles. The molecule has 35 heavy (non-hydrogen) atoms. The number of hydrogen-bond acceptors (Lipinski definition) is 4. The summed E-state index contributed by atoms with van der Waals surface area (Å²) < 4.78 is 13.8. The summed E-state index contributed by atoms with van der Waals surface area (Å²) in [5, 5.41) is 3.24. The molecule has 1 aliphatic carbocycles. The highest BCUT2D eigenvalue weighted by Crippen LogP contribution is 2.29. The van der Waals surface area contributed by atoms with Gasteiger partial charge in [-0.1, -0.05) is 49.6 Å². The molecular weight excluding hydrogens is 438 g/mol. The van der Waals surface area contributed by atoms with Gasteiger partial charge in [0.25, 0.3) is 0 Å². The first kappa shape index (κ1) is 24.8. The number of nitrogens with zero attached hydrogens (tertiary/aromatic N) is 2. The average molecular weight is 476 g/mol. The summed E-state index contributed by atoms with van der Waals surface area (Å²) >= 11 is 0. The fraction of sp³-hybridized carbons (Fsp3) is 0.448. The number of methoxy groups -OCH3 is 1. The minimum absolute atomic E-state index is 0.131. The molecule has 2 aromatic carbocycles. The standard InChI is InChI=1S/C29H37N3O3/c1-4-11-22-16-17-26(27(20-22)34-3)35-19-10-18-32-25-15-9-8-14-24(25)31-28(32)21(2)30-29(33)23-12-6-5-7-13-23/h4,8-9,11,14-17,20-21,23H,5-7,10,12-13,18-19H2,1-3H3,(H,30,33)/b11-4+. The number of para-hydroxylation sites is 2. The van der Waals surface area contributed by atoms with Crippen LogP contribution in [0.15, 0.2) is 48.5 Å². The van der Waals surface area contributed by atoms with E-state index in [2.05, 4.69) is 16.0 Å². The quantitative estimate of drug-likeness (QED) is 0.349. The first-order valence-electron chi connectivity index (χ1n) is 12.8. The third-order valence-corrected chi connectivity index (χ3v) is 6.74. The number of allylic oxidation sites excluding steroid dienone is 1. The average Bonchev–Trinajstić information content (AvgIpc) is 3.26. The van der Waals surface area contributed by atoms with Crippen molar-refractivity contribution < 1.29 is 14.3 Å². The van der Waals surface area contributed by atoms with Crippen molar-refractivity contribution in [3.05, 3.63) is 59.9 Å². The third kappa shape index (κ3) is 6.05. The molecule has 0 spiro atoms. The van der Waals surface area contributed by atoms with Crippen molar-refractivity contribution in [3.8, 4) is 11.5 Å². The highest BCUT2D eigenvalue weighted by Gasteiger charge is 2.24. The Balaban J connectivity index is 1.43. The second-order valence-electron chi connectivity index (χ2n) is 9.29. The zero-order valence-corrected chi connectivity index (χ0v) is 21.1. The predicted octanol–water partition coefficient (Wildman–Crippen LogP) is 6.30. The highest BCUT2D eigenvalue weighted by molar-refractivity contribution is 5.80. The molecule has 1 aliphatic rings. The summed E-state index contributed by atoms with van der Waals surface area (Å²) in [6.45, 7) is 5.33. The fourth-order valence-corrected chi connectivity index (χ4v) is 4.92. The van der Waals surface area contributed by atoms with Crippen molar-refractivity contribution in [2.45, 2.75) is 65.0 Å². The van der Waals surface area contributed by atoms with Gasteiger partial charge in [0.05, 0.1) is 30.8 Å². The Kier molecular flexibility index (Phi) is 8.45. The van der Waals surface area contributed by atoms with E-state index in [0.717, 1.165) is 72.6 Å². The topological polar surface area (TPSA) is 65.4 Å². The number of imidazole rings is 1. The third-order valence-electron chi connectivity index (χ3n) is 6.74. The summed E-state index contributed by atoms with van der Waals surface area (Å²) in [5.41, 5.74) is 3.11. The zero-order chi connectivity index (χ0) is 24.6. The van der Waals surface area contributed by atoms with Gasteiger partial charge in [-0.3, -0.25) is 4.79 Å². The van der Waals surface area contributed by atoms with Crippen LogP contribution in [0.3, 0.4) is 0 Å². The van der Waals surface area contributed by atoms with Crippen LogP contribution < -0.4 is 14.8 Å². The van der Waals surface area contributed by atoms with E-state index in [9.17, 15) is 4.79 Å². The molecule has 6 nitrogen and oxygen atoms in total. The van der Waals surface area contributed by atoms with Gasteiger partial charge in [-0.15, -0.1) is 0 Å². The maximum atomic E-state index is 12.9. The van der Waals surface area contributed by atoms with Crippen LogP contribution in [0.5, 0.6) is 11.5 Å². The van der Waals surface area contributed by atoms with Gasteiger partial charge in [-0.25, -0.2) is 4.98 Å². The minimum atomic E-state index is -0.156. The molecule has 0 bridgehead atoms. The Bertz CT molecular complexity index is 1160. The number of aryl methyl sites for hydroxylation is 1. The van der Waals surface area contributed by atoms with Crippen LogP contribution >= 0.6 is 0 Å². The van der Waals surface area contributed by atoms with Crippen molar-refractivity contribution in [3.63, 3.8) is 0 Å². The van der Waals surface area contributed by atoms with E-state index in [1.165, 1.54) is 6.42 Å². The predicted molar refractivity (Wildman–Crippen MR) is 141 cm³/mol. The number of fused-ring (bicyclic) bond motifs is 1. The van der Waals surface area contributed by atoms with Crippen LogP contribution in [0, 0.1) is 5.92 Å². The fourth-order valence-electron chi connectivity index (χ4n) is 4.92. The van der Waals surface area contributed by atoms with Crippen molar-refractivity contribution >= 4 is 23.0 Å². The molecule has 3 aromatic rings. The van der Waals surface area contributed by atoms with Crippen LogP contribution in [0.2, 0.25) is 0 Å². The van der Waals surface area contributed by atoms with Gasteiger partial charge in [0, 0.05) is 12.5 Å². The van der Waals surface area contributed by atoms with Gasteiger partial charge in [0.15, 0.2) is 11.5 Å². The lowest BCUT2D eigenvalue weighted by Crippen LogP contribution is -2.35. The van der Waals surface area contributed by atoms with Crippen LogP contribution in [-0.2, 0) is 11.3 Å². The van der Waals surface area contributed by atoms with Gasteiger partial charge >= 0.3 is 0 Å². The normalized spacial score (nSPS) is 15.4. The number of carbonyl (C=O) groups is 1. The van der Waals surface area contributed by atoms with E-state index in [-0.39, 0.29) is 17.9 Å². The number of hydrogen-bond donors (Lipinski definition) is 1. The van der Waals surface area contributed by atoms with Gasteiger partial charge in [0.2, 0.25) is 5.91 Å². The lowest BCUT2D eigenvalue weighted by Gasteiger charge is -2.23. The molecule has 4 rings (SSSR count). The molecular formula is C29H37N3O3. The molecule has 0 radical (unpaired) electrons. The zero-order valence-electron chi connectivity index (χ0n) is 21.1. The Morgan fingerprint density at radius 1 is 1.17 bits per heavy atom. The molecule has 1 amide bonds. The minimum Gasteiger partial charge on any atom is -0.493 e. The summed E-state index contributed by atoms with van der Waals surface area (Å²) in [6, 6.07) is 13.9. The molecule has 1 saturated carbocycles. The molecule has 1 unspecified atom stereocenters. The lowest BCUT2D eigenvalue weighted by atomic mass is 9.88. The summed E-state index contributed by atoms with van der Waals surface area (Å²) in [5.74, 6) is 2.65. The Labute approximate surface area is 208 Å². The number of benzene rings is 2. The Morgan fingerprint density at radius 2 is 1.97 bits per heavy atom. The first-order valence-corrected chi connectivity index (χ1v) is 12.8. The van der Waals surface area contributed by atoms with Crippen LogP contribution in [-0.4, -0.2) is 29.2 Å². The smallest absolute Gasteiger partial charge is 0.223 e. The molecule has 1 heterocycles. The highest BCUT2D eigenvalue weighted by atomic mass is 16.5. The van der Waals surface area contributed by atoms with E-state index >= 15 is 0 Å².